The normalized spacial score (nSPS) is 29.1. The van der Waals surface area contributed by atoms with Crippen LogP contribution >= 0.6 is 0 Å². The van der Waals surface area contributed by atoms with Crippen molar-refractivity contribution < 1.29 is 19.1 Å². The predicted octanol–water partition coefficient (Wildman–Crippen LogP) is 0.559. The maximum Gasteiger partial charge on any atom is 0.326 e. The highest BCUT2D eigenvalue weighted by molar-refractivity contribution is 6.10. The quantitative estimate of drug-likeness (QED) is 0.572. The van der Waals surface area contributed by atoms with E-state index in [2.05, 4.69) is 5.32 Å². The summed E-state index contributed by atoms with van der Waals surface area (Å²) in [5, 5.41) is 2.93. The number of rotatable bonds is 6. The number of piperidine rings is 1. The Morgan fingerprint density at radius 3 is 2.29 bits per heavy atom. The number of carbonyl (C=O) groups is 3. The lowest BCUT2D eigenvalue weighted by atomic mass is 9.97. The first kappa shape index (κ1) is 15.9. The number of nitrogens with zero attached hydrogens (tertiary/aromatic N) is 1. The molecule has 3 atom stereocenters. The molecule has 1 heterocycles. The van der Waals surface area contributed by atoms with Gasteiger partial charge in [-0.15, -0.1) is 0 Å². The topological polar surface area (TPSA) is 75.7 Å². The van der Waals surface area contributed by atoms with Gasteiger partial charge in [-0.1, -0.05) is 13.8 Å². The number of likely N-dealkylation sites (N-methyl/N-ethyl adjacent to an activating group) is 1. The molecule has 2 aliphatic rings. The minimum Gasteiger partial charge on any atom is -0.465 e. The monoisotopic (exact) mass is 296 g/mol. The molecule has 0 radical (unpaired) electrons. The first-order valence-electron chi connectivity index (χ1n) is 7.42. The smallest absolute Gasteiger partial charge is 0.326 e. The first-order valence-corrected chi connectivity index (χ1v) is 7.42. The second kappa shape index (κ2) is 5.09. The van der Waals surface area contributed by atoms with E-state index in [4.69, 9.17) is 4.74 Å². The highest BCUT2D eigenvalue weighted by Crippen LogP contribution is 2.63. The van der Waals surface area contributed by atoms with Crippen LogP contribution in [0, 0.1) is 17.3 Å². The first-order chi connectivity index (χ1) is 9.70. The summed E-state index contributed by atoms with van der Waals surface area (Å²) in [7, 11) is 1.67. The zero-order valence-corrected chi connectivity index (χ0v) is 13.4. The van der Waals surface area contributed by atoms with Crippen molar-refractivity contribution in [1.82, 2.24) is 10.2 Å². The van der Waals surface area contributed by atoms with Crippen molar-refractivity contribution in [2.75, 3.05) is 20.2 Å². The summed E-state index contributed by atoms with van der Waals surface area (Å²) in [5.74, 6) is -0.909. The van der Waals surface area contributed by atoms with Crippen LogP contribution in [0.1, 0.15) is 34.1 Å². The molecule has 0 bridgehead atoms. The zero-order valence-electron chi connectivity index (χ0n) is 13.4. The standard InChI is InChI=1S/C15H24N2O4/c1-6-21-13(20)15(4,16-5)7-8-17-11(18)9-10(12(17)19)14(9,2)3/h9-10,16H,6-8H2,1-5H3. The molecule has 3 unspecified atom stereocenters. The molecule has 1 aliphatic carbocycles. The third-order valence-electron chi connectivity index (χ3n) is 5.00. The zero-order chi connectivity index (χ0) is 16.0. The highest BCUT2D eigenvalue weighted by Gasteiger charge is 2.72. The van der Waals surface area contributed by atoms with Gasteiger partial charge in [-0.25, -0.2) is 0 Å². The summed E-state index contributed by atoms with van der Waals surface area (Å²) in [4.78, 5) is 37.8. The van der Waals surface area contributed by atoms with Crippen molar-refractivity contribution >= 4 is 17.8 Å². The summed E-state index contributed by atoms with van der Waals surface area (Å²) in [6.45, 7) is 7.92. The van der Waals surface area contributed by atoms with Gasteiger partial charge in [0.25, 0.3) is 0 Å². The lowest BCUT2D eigenvalue weighted by molar-refractivity contribution is -0.152. The molecule has 2 rings (SSSR count). The molecule has 0 aromatic rings. The van der Waals surface area contributed by atoms with Crippen LogP contribution in [0.25, 0.3) is 0 Å². The Balaban J connectivity index is 1.99. The van der Waals surface area contributed by atoms with E-state index in [0.29, 0.717) is 13.0 Å². The molecule has 2 fully saturated rings. The van der Waals surface area contributed by atoms with Crippen LogP contribution in [0.5, 0.6) is 0 Å². The Morgan fingerprint density at radius 1 is 1.33 bits per heavy atom. The van der Waals surface area contributed by atoms with E-state index < -0.39 is 5.54 Å². The molecule has 6 heteroatoms. The Morgan fingerprint density at radius 2 is 1.86 bits per heavy atom. The van der Waals surface area contributed by atoms with E-state index in [9.17, 15) is 14.4 Å². The van der Waals surface area contributed by atoms with E-state index in [0.717, 1.165) is 0 Å². The maximum atomic E-state index is 12.2. The second-order valence-electron chi connectivity index (χ2n) is 6.66. The van der Waals surface area contributed by atoms with Crippen molar-refractivity contribution in [2.24, 2.45) is 17.3 Å². The van der Waals surface area contributed by atoms with Gasteiger partial charge in [0.05, 0.1) is 18.4 Å². The number of hydrogen-bond donors (Lipinski definition) is 1. The van der Waals surface area contributed by atoms with Gasteiger partial charge in [-0.2, -0.15) is 0 Å². The van der Waals surface area contributed by atoms with Gasteiger partial charge in [0.15, 0.2) is 0 Å². The average Bonchev–Trinajstić information content (AvgIpc) is 2.89. The summed E-state index contributed by atoms with van der Waals surface area (Å²) in [6.07, 6.45) is 0.347. The van der Waals surface area contributed by atoms with E-state index in [1.807, 2.05) is 13.8 Å². The van der Waals surface area contributed by atoms with Gasteiger partial charge in [0, 0.05) is 6.54 Å². The molecule has 1 saturated heterocycles. The number of imide groups is 1. The Labute approximate surface area is 125 Å². The van der Waals surface area contributed by atoms with Crippen molar-refractivity contribution in [2.45, 2.75) is 39.7 Å². The fourth-order valence-corrected chi connectivity index (χ4v) is 3.18. The Kier molecular flexibility index (Phi) is 3.86. The lowest BCUT2D eigenvalue weighted by Crippen LogP contribution is -2.51. The van der Waals surface area contributed by atoms with Crippen LogP contribution in [0.15, 0.2) is 0 Å². The van der Waals surface area contributed by atoms with Crippen LogP contribution in [0.3, 0.4) is 0 Å². The van der Waals surface area contributed by atoms with Gasteiger partial charge in [-0.05, 0) is 32.7 Å². The van der Waals surface area contributed by atoms with Crippen LogP contribution in [-0.4, -0.2) is 48.4 Å². The Hall–Kier alpha value is -1.43. The molecular formula is C15H24N2O4. The van der Waals surface area contributed by atoms with Gasteiger partial charge in [-0.3, -0.25) is 19.3 Å². The van der Waals surface area contributed by atoms with E-state index in [1.165, 1.54) is 4.90 Å². The van der Waals surface area contributed by atoms with Gasteiger partial charge in [0.2, 0.25) is 11.8 Å². The molecule has 6 nitrogen and oxygen atoms in total. The van der Waals surface area contributed by atoms with Crippen LogP contribution in [0.4, 0.5) is 0 Å². The molecule has 0 spiro atoms. The minimum atomic E-state index is -0.890. The number of carbonyl (C=O) groups excluding carboxylic acids is 3. The lowest BCUT2D eigenvalue weighted by Gasteiger charge is -2.29. The van der Waals surface area contributed by atoms with Crippen molar-refractivity contribution in [3.8, 4) is 0 Å². The highest BCUT2D eigenvalue weighted by atomic mass is 16.5. The third-order valence-corrected chi connectivity index (χ3v) is 5.00. The van der Waals surface area contributed by atoms with Crippen LogP contribution in [0.2, 0.25) is 0 Å². The van der Waals surface area contributed by atoms with Crippen molar-refractivity contribution in [3.63, 3.8) is 0 Å². The number of hydrogen-bond acceptors (Lipinski definition) is 5. The number of nitrogens with one attached hydrogen (secondary N) is 1. The summed E-state index contributed by atoms with van der Waals surface area (Å²) < 4.78 is 5.04. The molecule has 0 aromatic heterocycles. The molecule has 1 saturated carbocycles. The Bertz CT molecular complexity index is 464. The number of likely N-dealkylation sites (tertiary alicyclic amines) is 1. The van der Waals surface area contributed by atoms with Crippen molar-refractivity contribution in [1.29, 1.82) is 0 Å². The predicted molar refractivity (Wildman–Crippen MR) is 76.2 cm³/mol. The SMILES string of the molecule is CCOC(=O)C(C)(CCN1C(=O)C2C(C1=O)C2(C)C)NC. The largest absolute Gasteiger partial charge is 0.465 e. The fourth-order valence-electron chi connectivity index (χ4n) is 3.18. The number of fused-ring (bicyclic) bond motifs is 1. The molecule has 1 aliphatic heterocycles. The molecule has 118 valence electrons. The molecule has 2 amide bonds. The summed E-state index contributed by atoms with van der Waals surface area (Å²) >= 11 is 0. The van der Waals surface area contributed by atoms with E-state index in [-0.39, 0.29) is 41.6 Å². The van der Waals surface area contributed by atoms with Gasteiger partial charge < -0.3 is 10.1 Å². The summed E-state index contributed by atoms with van der Waals surface area (Å²) in [6, 6.07) is 0. The van der Waals surface area contributed by atoms with Crippen LogP contribution in [-0.2, 0) is 19.1 Å². The van der Waals surface area contributed by atoms with Gasteiger partial charge >= 0.3 is 5.97 Å². The molecular weight excluding hydrogens is 272 g/mol. The molecule has 1 N–H and O–H groups in total. The molecule has 0 aromatic carbocycles. The third kappa shape index (κ3) is 2.35. The number of amides is 2. The van der Waals surface area contributed by atoms with Crippen molar-refractivity contribution in [3.05, 3.63) is 0 Å². The van der Waals surface area contributed by atoms with E-state index in [1.54, 1.807) is 20.9 Å². The average molecular weight is 296 g/mol. The molecule has 21 heavy (non-hydrogen) atoms. The maximum absolute atomic E-state index is 12.2. The summed E-state index contributed by atoms with van der Waals surface area (Å²) in [5.41, 5.74) is -1.09. The fraction of sp³-hybridized carbons (Fsp3) is 0.800. The second-order valence-corrected chi connectivity index (χ2v) is 6.66. The number of esters is 1. The number of ether oxygens (including phenoxy) is 1. The van der Waals surface area contributed by atoms with Crippen LogP contribution < -0.4 is 5.32 Å². The van der Waals surface area contributed by atoms with Gasteiger partial charge in [0.1, 0.15) is 5.54 Å². The van der Waals surface area contributed by atoms with E-state index >= 15 is 0 Å². The minimum absolute atomic E-state index is 0.0997.